The molecular formula is C22H28N4O3. The standard InChI is InChI=1S/C22H28N4O3/c1-24-12-14-25(15-13-24)17-8-6-16(7-9-17)23-20(27)10-11-26-21(28)18-4-2-3-5-19(18)22(26)29/h2-3,6-9,18-19H,4-5,10-15H2,1H3,(H,23,27)/t18-,19-/m0/s1. The maximum absolute atomic E-state index is 12.5. The Bertz CT molecular complexity index is 786. The number of likely N-dealkylation sites (N-methyl/N-ethyl adjacent to an activating group) is 1. The molecule has 1 aromatic rings. The summed E-state index contributed by atoms with van der Waals surface area (Å²) in [5.74, 6) is -0.927. The van der Waals surface area contributed by atoms with E-state index in [9.17, 15) is 14.4 Å². The minimum Gasteiger partial charge on any atom is -0.369 e. The molecule has 0 unspecified atom stereocenters. The molecule has 0 radical (unpaired) electrons. The Morgan fingerprint density at radius 1 is 0.966 bits per heavy atom. The highest BCUT2D eigenvalue weighted by atomic mass is 16.2. The topological polar surface area (TPSA) is 73.0 Å². The summed E-state index contributed by atoms with van der Waals surface area (Å²) in [7, 11) is 2.13. The molecule has 2 heterocycles. The number of allylic oxidation sites excluding steroid dienone is 2. The number of amides is 3. The average molecular weight is 396 g/mol. The molecule has 3 amide bonds. The second-order valence-electron chi connectivity index (χ2n) is 8.12. The average Bonchev–Trinajstić information content (AvgIpc) is 2.98. The Morgan fingerprint density at radius 3 is 2.14 bits per heavy atom. The number of nitrogens with zero attached hydrogens (tertiary/aromatic N) is 3. The molecule has 0 spiro atoms. The van der Waals surface area contributed by atoms with Crippen molar-refractivity contribution in [1.82, 2.24) is 9.80 Å². The van der Waals surface area contributed by atoms with E-state index in [1.807, 2.05) is 36.4 Å². The number of rotatable bonds is 5. The van der Waals surface area contributed by atoms with E-state index in [2.05, 4.69) is 22.2 Å². The van der Waals surface area contributed by atoms with Gasteiger partial charge in [-0.05, 0) is 44.2 Å². The highest BCUT2D eigenvalue weighted by Crippen LogP contribution is 2.35. The number of likely N-dealkylation sites (tertiary alicyclic amines) is 1. The van der Waals surface area contributed by atoms with E-state index < -0.39 is 0 Å². The van der Waals surface area contributed by atoms with Crippen molar-refractivity contribution in [3.05, 3.63) is 36.4 Å². The molecule has 29 heavy (non-hydrogen) atoms. The van der Waals surface area contributed by atoms with Gasteiger partial charge in [0.05, 0.1) is 11.8 Å². The van der Waals surface area contributed by atoms with Gasteiger partial charge in [-0.2, -0.15) is 0 Å². The maximum Gasteiger partial charge on any atom is 0.233 e. The van der Waals surface area contributed by atoms with Gasteiger partial charge in [-0.3, -0.25) is 19.3 Å². The zero-order valence-electron chi connectivity index (χ0n) is 16.8. The van der Waals surface area contributed by atoms with Crippen LogP contribution in [0.25, 0.3) is 0 Å². The lowest BCUT2D eigenvalue weighted by molar-refractivity contribution is -0.140. The lowest BCUT2D eigenvalue weighted by Gasteiger charge is -2.34. The molecule has 0 bridgehead atoms. The molecule has 3 aliphatic rings. The number of hydrogen-bond donors (Lipinski definition) is 1. The summed E-state index contributed by atoms with van der Waals surface area (Å²) in [5.41, 5.74) is 1.88. The predicted octanol–water partition coefficient (Wildman–Crippen LogP) is 1.72. The third-order valence-corrected chi connectivity index (χ3v) is 6.18. The second-order valence-corrected chi connectivity index (χ2v) is 8.12. The number of anilines is 2. The zero-order chi connectivity index (χ0) is 20.4. The van der Waals surface area contributed by atoms with Gasteiger partial charge in [0.25, 0.3) is 0 Å². The Balaban J connectivity index is 1.28. The molecule has 0 aromatic heterocycles. The zero-order valence-corrected chi connectivity index (χ0v) is 16.8. The molecule has 2 fully saturated rings. The molecule has 154 valence electrons. The van der Waals surface area contributed by atoms with Crippen molar-refractivity contribution in [2.45, 2.75) is 19.3 Å². The van der Waals surface area contributed by atoms with Crippen LogP contribution in [0.2, 0.25) is 0 Å². The smallest absolute Gasteiger partial charge is 0.233 e. The van der Waals surface area contributed by atoms with Gasteiger partial charge in [0.15, 0.2) is 0 Å². The first kappa shape index (κ1) is 19.6. The van der Waals surface area contributed by atoms with Gasteiger partial charge in [-0.1, -0.05) is 12.2 Å². The van der Waals surface area contributed by atoms with Gasteiger partial charge in [0, 0.05) is 50.5 Å². The summed E-state index contributed by atoms with van der Waals surface area (Å²) in [5, 5.41) is 2.87. The van der Waals surface area contributed by atoms with E-state index in [0.717, 1.165) is 37.6 Å². The molecule has 2 saturated heterocycles. The highest BCUT2D eigenvalue weighted by Gasteiger charge is 2.46. The van der Waals surface area contributed by atoms with Crippen LogP contribution in [0, 0.1) is 11.8 Å². The fourth-order valence-corrected chi connectivity index (χ4v) is 4.35. The van der Waals surface area contributed by atoms with Gasteiger partial charge in [0.2, 0.25) is 17.7 Å². The van der Waals surface area contributed by atoms with Crippen molar-refractivity contribution in [3.63, 3.8) is 0 Å². The van der Waals surface area contributed by atoms with Crippen LogP contribution in [-0.2, 0) is 14.4 Å². The predicted molar refractivity (Wildman–Crippen MR) is 111 cm³/mol. The number of benzene rings is 1. The molecule has 1 aromatic carbocycles. The number of nitrogens with one attached hydrogen (secondary N) is 1. The Hall–Kier alpha value is -2.67. The molecule has 7 nitrogen and oxygen atoms in total. The van der Waals surface area contributed by atoms with Gasteiger partial charge in [-0.15, -0.1) is 0 Å². The SMILES string of the molecule is CN1CCN(c2ccc(NC(=O)CCN3C(=O)[C@H]4CC=CC[C@@H]4C3=O)cc2)CC1. The van der Waals surface area contributed by atoms with Crippen molar-refractivity contribution in [2.24, 2.45) is 11.8 Å². The second kappa shape index (κ2) is 8.37. The summed E-state index contributed by atoms with van der Waals surface area (Å²) in [6.45, 7) is 4.24. The largest absolute Gasteiger partial charge is 0.369 e. The minimum absolute atomic E-state index is 0.116. The first-order valence-corrected chi connectivity index (χ1v) is 10.4. The van der Waals surface area contributed by atoms with Gasteiger partial charge < -0.3 is 15.1 Å². The van der Waals surface area contributed by atoms with E-state index in [0.29, 0.717) is 12.8 Å². The fourth-order valence-electron chi connectivity index (χ4n) is 4.35. The first-order chi connectivity index (χ1) is 14.0. The maximum atomic E-state index is 12.5. The summed E-state index contributed by atoms with van der Waals surface area (Å²) in [6.07, 6.45) is 5.29. The molecule has 2 aliphatic heterocycles. The number of carbonyl (C=O) groups excluding carboxylic acids is 3. The van der Waals surface area contributed by atoms with Crippen molar-refractivity contribution >= 4 is 29.1 Å². The third kappa shape index (κ3) is 4.19. The van der Waals surface area contributed by atoms with E-state index in [-0.39, 0.29) is 42.5 Å². The number of hydrogen-bond acceptors (Lipinski definition) is 5. The van der Waals surface area contributed by atoms with Crippen LogP contribution in [0.15, 0.2) is 36.4 Å². The quantitative estimate of drug-likeness (QED) is 0.606. The normalized spacial score (nSPS) is 24.7. The van der Waals surface area contributed by atoms with Crippen LogP contribution in [0.3, 0.4) is 0 Å². The van der Waals surface area contributed by atoms with E-state index >= 15 is 0 Å². The van der Waals surface area contributed by atoms with Gasteiger partial charge >= 0.3 is 0 Å². The van der Waals surface area contributed by atoms with Crippen LogP contribution in [0.5, 0.6) is 0 Å². The molecule has 4 rings (SSSR count). The molecule has 0 saturated carbocycles. The summed E-state index contributed by atoms with van der Waals surface area (Å²) >= 11 is 0. The summed E-state index contributed by atoms with van der Waals surface area (Å²) in [6, 6.07) is 7.84. The number of imide groups is 1. The molecular weight excluding hydrogens is 368 g/mol. The van der Waals surface area contributed by atoms with Crippen molar-refractivity contribution < 1.29 is 14.4 Å². The number of carbonyl (C=O) groups is 3. The van der Waals surface area contributed by atoms with E-state index in [1.54, 1.807) is 0 Å². The molecule has 2 atom stereocenters. The number of piperazine rings is 1. The monoisotopic (exact) mass is 396 g/mol. The Kier molecular flexibility index (Phi) is 5.67. The first-order valence-electron chi connectivity index (χ1n) is 10.4. The lowest BCUT2D eigenvalue weighted by atomic mass is 9.85. The van der Waals surface area contributed by atoms with E-state index in [4.69, 9.17) is 0 Å². The van der Waals surface area contributed by atoms with Crippen LogP contribution < -0.4 is 10.2 Å². The van der Waals surface area contributed by atoms with Crippen LogP contribution >= 0.6 is 0 Å². The van der Waals surface area contributed by atoms with Crippen LogP contribution in [0.1, 0.15) is 19.3 Å². The lowest BCUT2D eigenvalue weighted by Crippen LogP contribution is -2.44. The minimum atomic E-state index is -0.238. The Labute approximate surface area is 171 Å². The van der Waals surface area contributed by atoms with Crippen molar-refractivity contribution in [2.75, 3.05) is 50.0 Å². The number of fused-ring (bicyclic) bond motifs is 1. The van der Waals surface area contributed by atoms with Crippen LogP contribution in [0.4, 0.5) is 11.4 Å². The molecule has 7 heteroatoms. The summed E-state index contributed by atoms with van der Waals surface area (Å²) in [4.78, 5) is 43.2. The van der Waals surface area contributed by atoms with E-state index in [1.165, 1.54) is 4.90 Å². The molecule has 1 N–H and O–H groups in total. The Morgan fingerprint density at radius 2 is 1.55 bits per heavy atom. The van der Waals surface area contributed by atoms with Gasteiger partial charge in [0.1, 0.15) is 0 Å². The molecule has 1 aliphatic carbocycles. The fraction of sp³-hybridized carbons (Fsp3) is 0.500. The van der Waals surface area contributed by atoms with Crippen molar-refractivity contribution in [3.8, 4) is 0 Å². The third-order valence-electron chi connectivity index (χ3n) is 6.18. The van der Waals surface area contributed by atoms with Crippen molar-refractivity contribution in [1.29, 1.82) is 0 Å². The van der Waals surface area contributed by atoms with Crippen LogP contribution in [-0.4, -0.2) is 67.3 Å². The van der Waals surface area contributed by atoms with Gasteiger partial charge in [-0.25, -0.2) is 0 Å². The highest BCUT2D eigenvalue weighted by molar-refractivity contribution is 6.05. The summed E-state index contributed by atoms with van der Waals surface area (Å²) < 4.78 is 0.